The van der Waals surface area contributed by atoms with Crippen molar-refractivity contribution < 1.29 is 23.7 Å². The molecule has 0 aliphatic heterocycles. The van der Waals surface area contributed by atoms with E-state index in [9.17, 15) is 4.79 Å². The molecule has 0 saturated heterocycles. The van der Waals surface area contributed by atoms with Crippen LogP contribution in [0, 0.1) is 0 Å². The van der Waals surface area contributed by atoms with Crippen molar-refractivity contribution in [2.24, 2.45) is 5.73 Å². The number of nitrogens with two attached hydrogens (primary N) is 1. The Balaban J connectivity index is 2.97. The SMILES string of the molecule is CCCOCCOCCOCCOCCNC(=O)CN. The summed E-state index contributed by atoms with van der Waals surface area (Å²) in [5.41, 5.74) is 5.13. The number of ether oxygens (including phenoxy) is 4. The van der Waals surface area contributed by atoms with Crippen molar-refractivity contribution in [3.8, 4) is 0 Å². The first-order chi connectivity index (χ1) is 9.81. The summed E-state index contributed by atoms with van der Waals surface area (Å²) in [7, 11) is 0. The first-order valence-corrected chi connectivity index (χ1v) is 7.09. The highest BCUT2D eigenvalue weighted by molar-refractivity contribution is 5.77. The van der Waals surface area contributed by atoms with Crippen molar-refractivity contribution in [1.82, 2.24) is 5.32 Å². The fraction of sp³-hybridized carbons (Fsp3) is 0.923. The fourth-order valence-corrected chi connectivity index (χ4v) is 1.24. The second kappa shape index (κ2) is 16.3. The third kappa shape index (κ3) is 15.3. The Labute approximate surface area is 121 Å². The van der Waals surface area contributed by atoms with Crippen LogP contribution in [0.2, 0.25) is 0 Å². The van der Waals surface area contributed by atoms with Gasteiger partial charge in [-0.25, -0.2) is 0 Å². The van der Waals surface area contributed by atoms with E-state index in [4.69, 9.17) is 24.7 Å². The van der Waals surface area contributed by atoms with Crippen molar-refractivity contribution >= 4 is 5.91 Å². The molecule has 0 radical (unpaired) electrons. The predicted molar refractivity (Wildman–Crippen MR) is 75.6 cm³/mol. The number of carbonyl (C=O) groups is 1. The van der Waals surface area contributed by atoms with Crippen molar-refractivity contribution in [3.63, 3.8) is 0 Å². The van der Waals surface area contributed by atoms with Crippen LogP contribution in [0.3, 0.4) is 0 Å². The molecule has 0 aromatic heterocycles. The summed E-state index contributed by atoms with van der Waals surface area (Å²) in [5.74, 6) is -0.176. The molecular weight excluding hydrogens is 264 g/mol. The highest BCUT2D eigenvalue weighted by atomic mass is 16.6. The van der Waals surface area contributed by atoms with E-state index in [-0.39, 0.29) is 12.5 Å². The second-order valence-electron chi connectivity index (χ2n) is 4.00. The summed E-state index contributed by atoms with van der Waals surface area (Å²) in [4.78, 5) is 10.8. The summed E-state index contributed by atoms with van der Waals surface area (Å²) in [6, 6.07) is 0. The lowest BCUT2D eigenvalue weighted by atomic mass is 10.5. The van der Waals surface area contributed by atoms with E-state index in [1.807, 2.05) is 0 Å². The van der Waals surface area contributed by atoms with Gasteiger partial charge in [-0.15, -0.1) is 0 Å². The topological polar surface area (TPSA) is 92.0 Å². The molecule has 0 spiro atoms. The molecule has 1 amide bonds. The zero-order valence-electron chi connectivity index (χ0n) is 12.4. The Morgan fingerprint density at radius 3 is 1.75 bits per heavy atom. The summed E-state index contributed by atoms with van der Waals surface area (Å²) < 4.78 is 21.2. The van der Waals surface area contributed by atoms with Gasteiger partial charge in [-0.05, 0) is 6.42 Å². The monoisotopic (exact) mass is 292 g/mol. The largest absolute Gasteiger partial charge is 0.379 e. The molecule has 0 fully saturated rings. The molecule has 0 aromatic rings. The number of hydrogen-bond acceptors (Lipinski definition) is 6. The van der Waals surface area contributed by atoms with Crippen LogP contribution in [-0.2, 0) is 23.7 Å². The highest BCUT2D eigenvalue weighted by Crippen LogP contribution is 1.84. The van der Waals surface area contributed by atoms with Crippen LogP contribution in [0.1, 0.15) is 13.3 Å². The van der Waals surface area contributed by atoms with Crippen LogP contribution in [0.5, 0.6) is 0 Å². The Morgan fingerprint density at radius 1 is 0.850 bits per heavy atom. The third-order valence-corrected chi connectivity index (χ3v) is 2.22. The van der Waals surface area contributed by atoms with Gasteiger partial charge in [0.05, 0.1) is 52.8 Å². The lowest BCUT2D eigenvalue weighted by molar-refractivity contribution is -0.120. The molecule has 0 atom stereocenters. The normalized spacial score (nSPS) is 10.7. The molecule has 3 N–H and O–H groups in total. The molecule has 0 saturated carbocycles. The van der Waals surface area contributed by atoms with Crippen LogP contribution in [0.25, 0.3) is 0 Å². The predicted octanol–water partition coefficient (Wildman–Crippen LogP) is -0.462. The first kappa shape index (κ1) is 19.3. The van der Waals surface area contributed by atoms with Crippen molar-refractivity contribution in [2.45, 2.75) is 13.3 Å². The van der Waals surface area contributed by atoms with Crippen LogP contribution in [-0.4, -0.2) is 71.9 Å². The molecular formula is C13H28N2O5. The molecule has 0 aliphatic rings. The van der Waals surface area contributed by atoms with Gasteiger partial charge in [-0.1, -0.05) is 6.92 Å². The van der Waals surface area contributed by atoms with Gasteiger partial charge in [-0.3, -0.25) is 4.79 Å². The van der Waals surface area contributed by atoms with Gasteiger partial charge in [0.1, 0.15) is 0 Å². The zero-order chi connectivity index (χ0) is 14.9. The molecule has 20 heavy (non-hydrogen) atoms. The van der Waals surface area contributed by atoms with Gasteiger partial charge in [0.25, 0.3) is 0 Å². The first-order valence-electron chi connectivity index (χ1n) is 7.09. The number of nitrogens with one attached hydrogen (secondary N) is 1. The van der Waals surface area contributed by atoms with Crippen molar-refractivity contribution in [1.29, 1.82) is 0 Å². The number of rotatable bonds is 15. The van der Waals surface area contributed by atoms with E-state index in [1.54, 1.807) is 0 Å². The van der Waals surface area contributed by atoms with E-state index >= 15 is 0 Å². The maximum atomic E-state index is 10.8. The highest BCUT2D eigenvalue weighted by Gasteiger charge is 1.95. The smallest absolute Gasteiger partial charge is 0.233 e. The molecule has 7 nitrogen and oxygen atoms in total. The lowest BCUT2D eigenvalue weighted by Crippen LogP contribution is -2.32. The van der Waals surface area contributed by atoms with Crippen LogP contribution in [0.15, 0.2) is 0 Å². The minimum Gasteiger partial charge on any atom is -0.379 e. The maximum absolute atomic E-state index is 10.8. The molecule has 0 heterocycles. The van der Waals surface area contributed by atoms with E-state index in [0.29, 0.717) is 52.8 Å². The van der Waals surface area contributed by atoms with Crippen molar-refractivity contribution in [3.05, 3.63) is 0 Å². The lowest BCUT2D eigenvalue weighted by Gasteiger charge is -2.07. The molecule has 120 valence electrons. The van der Waals surface area contributed by atoms with Crippen LogP contribution < -0.4 is 11.1 Å². The van der Waals surface area contributed by atoms with Gasteiger partial charge in [0.15, 0.2) is 0 Å². The average molecular weight is 292 g/mol. The van der Waals surface area contributed by atoms with Crippen LogP contribution in [0.4, 0.5) is 0 Å². The van der Waals surface area contributed by atoms with E-state index < -0.39 is 0 Å². The standard InChI is InChI=1S/C13H28N2O5/c1-2-4-17-6-8-19-10-11-20-9-7-18-5-3-15-13(16)12-14/h2-12,14H2,1H3,(H,15,16). The van der Waals surface area contributed by atoms with Gasteiger partial charge in [0, 0.05) is 13.2 Å². The Bertz CT molecular complexity index is 217. The van der Waals surface area contributed by atoms with Crippen molar-refractivity contribution in [2.75, 3.05) is 65.9 Å². The minimum absolute atomic E-state index is 0.00654. The van der Waals surface area contributed by atoms with Gasteiger partial charge < -0.3 is 30.0 Å². The quantitative estimate of drug-likeness (QED) is 0.397. The number of amides is 1. The van der Waals surface area contributed by atoms with E-state index in [2.05, 4.69) is 12.2 Å². The second-order valence-corrected chi connectivity index (χ2v) is 4.00. The van der Waals surface area contributed by atoms with E-state index in [1.165, 1.54) is 0 Å². The summed E-state index contributed by atoms with van der Waals surface area (Å²) in [5, 5.41) is 2.61. The molecule has 0 aliphatic carbocycles. The molecule has 0 bridgehead atoms. The summed E-state index contributed by atoms with van der Waals surface area (Å²) in [6.45, 7) is 7.13. The Kier molecular flexibility index (Phi) is 15.7. The van der Waals surface area contributed by atoms with E-state index in [0.717, 1.165) is 13.0 Å². The van der Waals surface area contributed by atoms with Gasteiger partial charge in [-0.2, -0.15) is 0 Å². The average Bonchev–Trinajstić information content (AvgIpc) is 2.47. The van der Waals surface area contributed by atoms with Crippen LogP contribution >= 0.6 is 0 Å². The third-order valence-electron chi connectivity index (χ3n) is 2.22. The maximum Gasteiger partial charge on any atom is 0.233 e. The van der Waals surface area contributed by atoms with Gasteiger partial charge in [0.2, 0.25) is 5.91 Å². The number of carbonyl (C=O) groups excluding carboxylic acids is 1. The molecule has 7 heteroatoms. The van der Waals surface area contributed by atoms with Gasteiger partial charge >= 0.3 is 0 Å². The molecule has 0 rings (SSSR count). The summed E-state index contributed by atoms with van der Waals surface area (Å²) >= 11 is 0. The molecule has 0 unspecified atom stereocenters. The Hall–Kier alpha value is -0.730. The minimum atomic E-state index is -0.176. The fourth-order valence-electron chi connectivity index (χ4n) is 1.24. The summed E-state index contributed by atoms with van der Waals surface area (Å²) in [6.07, 6.45) is 1.03. The Morgan fingerprint density at radius 2 is 1.30 bits per heavy atom. The number of hydrogen-bond donors (Lipinski definition) is 2. The zero-order valence-corrected chi connectivity index (χ0v) is 12.4. The molecule has 0 aromatic carbocycles.